The van der Waals surface area contributed by atoms with Crippen molar-refractivity contribution in [3.8, 4) is 0 Å². The van der Waals surface area contributed by atoms with E-state index in [1.807, 2.05) is 0 Å². The van der Waals surface area contributed by atoms with Crippen molar-refractivity contribution in [2.75, 3.05) is 0 Å². The molecule has 0 aliphatic heterocycles. The van der Waals surface area contributed by atoms with Gasteiger partial charge in [0.05, 0.1) is 16.8 Å². The van der Waals surface area contributed by atoms with Crippen LogP contribution in [0.3, 0.4) is 0 Å². The highest BCUT2D eigenvalue weighted by molar-refractivity contribution is 7.97. The highest BCUT2D eigenvalue weighted by atomic mass is 32.2. The summed E-state index contributed by atoms with van der Waals surface area (Å²) in [4.78, 5) is 15.6. The number of rotatable bonds is 7. The van der Waals surface area contributed by atoms with Gasteiger partial charge in [0.25, 0.3) is 6.10 Å². The molecule has 5 nitrogen and oxygen atoms in total. The smallest absolute Gasteiger partial charge is 0.432 e. The van der Waals surface area contributed by atoms with E-state index < -0.39 is 39.5 Å². The van der Waals surface area contributed by atoms with Crippen molar-refractivity contribution in [2.24, 2.45) is 5.92 Å². The summed E-state index contributed by atoms with van der Waals surface area (Å²) in [5.74, 6) is -2.57. The zero-order valence-electron chi connectivity index (χ0n) is 21.1. The van der Waals surface area contributed by atoms with E-state index in [0.29, 0.717) is 12.8 Å². The van der Waals surface area contributed by atoms with Gasteiger partial charge in [0.1, 0.15) is 0 Å². The second-order valence-electron chi connectivity index (χ2n) is 8.95. The lowest BCUT2D eigenvalue weighted by Crippen LogP contribution is -2.52. The van der Waals surface area contributed by atoms with Crippen LogP contribution in [0.4, 0.5) is 22.0 Å². The highest BCUT2D eigenvalue weighted by Gasteiger charge is 2.63. The fourth-order valence-electron chi connectivity index (χ4n) is 4.09. The van der Waals surface area contributed by atoms with Crippen molar-refractivity contribution >= 4 is 27.0 Å². The predicted molar refractivity (Wildman–Crippen MR) is 139 cm³/mol. The van der Waals surface area contributed by atoms with Gasteiger partial charge >= 0.3 is 17.4 Å². The number of alkyl halides is 5. The number of carbonyl (C=O) groups is 1. The van der Waals surface area contributed by atoms with Crippen LogP contribution in [0.2, 0.25) is 0 Å². The van der Waals surface area contributed by atoms with Gasteiger partial charge in [-0.15, -0.1) is 0 Å². The lowest BCUT2D eigenvalue weighted by atomic mass is 9.89. The van der Waals surface area contributed by atoms with E-state index in [4.69, 9.17) is 0 Å². The molecular formula is C28H27F5O5S2. The Morgan fingerprint density at radius 2 is 1.12 bits per heavy atom. The van der Waals surface area contributed by atoms with E-state index in [1.165, 1.54) is 14.7 Å². The summed E-state index contributed by atoms with van der Waals surface area (Å²) in [6, 6.07) is 32.2. The van der Waals surface area contributed by atoms with E-state index in [1.54, 1.807) is 0 Å². The molecular weight excluding hydrogens is 575 g/mol. The minimum absolute atomic E-state index is 0.0146. The van der Waals surface area contributed by atoms with Crippen LogP contribution in [0.15, 0.2) is 106 Å². The first-order chi connectivity index (χ1) is 18.8. The van der Waals surface area contributed by atoms with Crippen molar-refractivity contribution in [3.05, 3.63) is 91.0 Å². The minimum atomic E-state index is -6.64. The van der Waals surface area contributed by atoms with Crippen molar-refractivity contribution in [1.82, 2.24) is 0 Å². The van der Waals surface area contributed by atoms with Gasteiger partial charge in [0.15, 0.2) is 24.8 Å². The molecule has 1 atom stereocenters. The fraction of sp³-hybridized carbons (Fsp3) is 0.321. The third-order valence-electron chi connectivity index (χ3n) is 6.05. The molecule has 0 spiro atoms. The van der Waals surface area contributed by atoms with E-state index in [-0.39, 0.29) is 23.7 Å². The van der Waals surface area contributed by atoms with Gasteiger partial charge in [-0.25, -0.2) is 8.42 Å². The molecule has 0 saturated heterocycles. The Kier molecular flexibility index (Phi) is 10.7. The molecule has 1 saturated carbocycles. The lowest BCUT2D eigenvalue weighted by Gasteiger charge is -2.31. The molecule has 0 heterocycles. The Balaban J connectivity index is 0.000000221. The van der Waals surface area contributed by atoms with Crippen molar-refractivity contribution in [1.29, 1.82) is 0 Å². The zero-order chi connectivity index (χ0) is 29.4. The summed E-state index contributed by atoms with van der Waals surface area (Å²) in [5, 5.41) is -5.78. The van der Waals surface area contributed by atoms with Crippen LogP contribution in [0.25, 0.3) is 0 Å². The number of esters is 1. The normalized spacial score (nSPS) is 15.6. The van der Waals surface area contributed by atoms with Gasteiger partial charge in [-0.3, -0.25) is 4.79 Å². The van der Waals surface area contributed by atoms with Gasteiger partial charge in [-0.2, -0.15) is 22.0 Å². The molecule has 1 unspecified atom stereocenters. The molecule has 0 radical (unpaired) electrons. The Hall–Kier alpha value is -2.96. The summed E-state index contributed by atoms with van der Waals surface area (Å²) in [6.07, 6.45) is -8.07. The maximum absolute atomic E-state index is 13.1. The van der Waals surface area contributed by atoms with Gasteiger partial charge in [0, 0.05) is 0 Å². The number of benzene rings is 3. The first kappa shape index (κ1) is 31.6. The molecule has 4 rings (SSSR count). The maximum atomic E-state index is 13.1. The zero-order valence-corrected chi connectivity index (χ0v) is 22.7. The molecule has 3 aromatic carbocycles. The monoisotopic (exact) mass is 602 g/mol. The number of ether oxygens (including phenoxy) is 1. The van der Waals surface area contributed by atoms with Crippen LogP contribution in [0, 0.1) is 5.92 Å². The summed E-state index contributed by atoms with van der Waals surface area (Å²) >= 11 is 0. The second-order valence-corrected chi connectivity index (χ2v) is 12.4. The average Bonchev–Trinajstić information content (AvgIpc) is 2.93. The number of carbonyl (C=O) groups excluding carboxylic acids is 1. The first-order valence-electron chi connectivity index (χ1n) is 12.3. The minimum Gasteiger partial charge on any atom is -0.743 e. The van der Waals surface area contributed by atoms with Crippen molar-refractivity contribution < 1.29 is 44.5 Å². The Morgan fingerprint density at radius 3 is 1.45 bits per heavy atom. The summed E-state index contributed by atoms with van der Waals surface area (Å²) in [5.41, 5.74) is 0. The quantitative estimate of drug-likeness (QED) is 0.126. The number of hydrogen-bond donors (Lipinski definition) is 0. The lowest BCUT2D eigenvalue weighted by molar-refractivity contribution is -0.261. The van der Waals surface area contributed by atoms with Crippen molar-refractivity contribution in [3.63, 3.8) is 0 Å². The van der Waals surface area contributed by atoms with E-state index in [9.17, 15) is 39.7 Å². The van der Waals surface area contributed by atoms with Crippen LogP contribution in [0.1, 0.15) is 32.1 Å². The Morgan fingerprint density at radius 1 is 0.750 bits per heavy atom. The second kappa shape index (κ2) is 13.6. The van der Waals surface area contributed by atoms with Gasteiger partial charge in [-0.1, -0.05) is 73.9 Å². The average molecular weight is 603 g/mol. The summed E-state index contributed by atoms with van der Waals surface area (Å²) < 4.78 is 98.3. The van der Waals surface area contributed by atoms with E-state index in [2.05, 4.69) is 95.7 Å². The predicted octanol–water partition coefficient (Wildman–Crippen LogP) is 6.96. The highest BCUT2D eigenvalue weighted by Crippen LogP contribution is 2.39. The molecule has 216 valence electrons. The maximum Gasteiger partial charge on any atom is 0.432 e. The van der Waals surface area contributed by atoms with Crippen LogP contribution in [-0.4, -0.2) is 36.5 Å². The number of halogens is 5. The molecule has 0 amide bonds. The topological polar surface area (TPSA) is 83.5 Å². The fourth-order valence-corrected chi connectivity index (χ4v) is 6.63. The molecule has 0 bridgehead atoms. The molecule has 1 aliphatic carbocycles. The molecule has 12 heteroatoms. The molecule has 0 N–H and O–H groups in total. The van der Waals surface area contributed by atoms with Gasteiger partial charge in [-0.05, 0) is 49.2 Å². The standard InChI is InChI=1S/C18H15S.C10H13F5O5S/c1-4-10-16(11-5-1)19(17-12-6-2-7-13-17)18-14-8-3-9-15-18;11-9(12,13)8(10(14,15)21(17,18)19)20-7(16)6-4-2-1-3-5-6/h1-15H;6,8H,1-5H2,(H,17,18,19)/q+1;/p-1. The first-order valence-corrected chi connectivity index (χ1v) is 15.0. The largest absolute Gasteiger partial charge is 0.743 e. The van der Waals surface area contributed by atoms with Crippen LogP contribution < -0.4 is 0 Å². The van der Waals surface area contributed by atoms with Crippen LogP contribution >= 0.6 is 0 Å². The molecule has 3 aromatic rings. The summed E-state index contributed by atoms with van der Waals surface area (Å²) in [6.45, 7) is 0. The SMILES string of the molecule is O=C(OC(C(F)(F)F)C(F)(F)S(=O)(=O)[O-])C1CCCCC1.c1ccc([S+](c2ccccc2)c2ccccc2)cc1. The molecule has 1 aliphatic rings. The number of hydrogen-bond acceptors (Lipinski definition) is 5. The van der Waals surface area contributed by atoms with Gasteiger partial charge < -0.3 is 9.29 Å². The molecule has 40 heavy (non-hydrogen) atoms. The summed E-state index contributed by atoms with van der Waals surface area (Å²) in [7, 11) is -6.66. The third kappa shape index (κ3) is 8.28. The third-order valence-corrected chi connectivity index (χ3v) is 9.16. The van der Waals surface area contributed by atoms with Gasteiger partial charge in [0.2, 0.25) is 0 Å². The van der Waals surface area contributed by atoms with Crippen LogP contribution in [0.5, 0.6) is 0 Å². The Bertz CT molecular complexity index is 1220. The van der Waals surface area contributed by atoms with E-state index >= 15 is 0 Å². The van der Waals surface area contributed by atoms with Crippen molar-refractivity contribution in [2.45, 2.75) is 64.3 Å². The molecule has 0 aromatic heterocycles. The molecule has 1 fully saturated rings. The Labute approximate surface area is 232 Å². The van der Waals surface area contributed by atoms with Crippen LogP contribution in [-0.2, 0) is 30.5 Å². The van der Waals surface area contributed by atoms with E-state index in [0.717, 1.165) is 6.42 Å².